The Morgan fingerprint density at radius 2 is 2.12 bits per heavy atom. The Balaban J connectivity index is 1.57. The van der Waals surface area contributed by atoms with Gasteiger partial charge in [-0.15, -0.1) is 11.3 Å². The van der Waals surface area contributed by atoms with E-state index in [1.165, 1.54) is 19.3 Å². The van der Waals surface area contributed by atoms with E-state index in [1.807, 2.05) is 13.0 Å². The molecular weight excluding hydrogens is 346 g/mol. The van der Waals surface area contributed by atoms with Crippen molar-refractivity contribution in [2.75, 3.05) is 13.1 Å². The number of amides is 1. The number of aromatic nitrogens is 1. The topological polar surface area (TPSA) is 58.4 Å². The zero-order valence-corrected chi connectivity index (χ0v) is 16.8. The van der Waals surface area contributed by atoms with E-state index in [0.29, 0.717) is 12.3 Å². The molecule has 26 heavy (non-hydrogen) atoms. The summed E-state index contributed by atoms with van der Waals surface area (Å²) in [4.78, 5) is 20.6. The first kappa shape index (κ1) is 19.1. The van der Waals surface area contributed by atoms with Gasteiger partial charge in [-0.3, -0.25) is 9.69 Å². The summed E-state index contributed by atoms with van der Waals surface area (Å²) in [6.07, 6.45) is 5.88. The number of thiazole rings is 1. The maximum absolute atomic E-state index is 12.4. The van der Waals surface area contributed by atoms with Crippen LogP contribution in [0.3, 0.4) is 0 Å². The van der Waals surface area contributed by atoms with E-state index < -0.39 is 0 Å². The number of hydrogen-bond donors (Lipinski definition) is 1. The molecule has 6 heteroatoms. The van der Waals surface area contributed by atoms with Crippen molar-refractivity contribution in [3.63, 3.8) is 0 Å². The zero-order chi connectivity index (χ0) is 18.5. The number of furan rings is 1. The number of piperidine rings is 1. The van der Waals surface area contributed by atoms with Gasteiger partial charge in [0.05, 0.1) is 23.3 Å². The van der Waals surface area contributed by atoms with Gasteiger partial charge in [0.1, 0.15) is 5.76 Å². The van der Waals surface area contributed by atoms with E-state index in [-0.39, 0.29) is 11.9 Å². The van der Waals surface area contributed by atoms with Crippen molar-refractivity contribution in [2.45, 2.75) is 65.5 Å². The first-order valence-corrected chi connectivity index (χ1v) is 10.5. The highest BCUT2D eigenvalue weighted by Crippen LogP contribution is 2.26. The first-order valence-electron chi connectivity index (χ1n) is 9.65. The monoisotopic (exact) mass is 375 g/mol. The fourth-order valence-corrected chi connectivity index (χ4v) is 4.52. The van der Waals surface area contributed by atoms with Gasteiger partial charge in [0.2, 0.25) is 0 Å². The van der Waals surface area contributed by atoms with E-state index in [9.17, 15) is 4.79 Å². The maximum atomic E-state index is 12.4. The maximum Gasteiger partial charge on any atom is 0.287 e. The lowest BCUT2D eigenvalue weighted by Crippen LogP contribution is -2.32. The Kier molecular flexibility index (Phi) is 6.48. The van der Waals surface area contributed by atoms with Gasteiger partial charge in [-0.1, -0.05) is 13.3 Å². The van der Waals surface area contributed by atoms with Crippen LogP contribution >= 0.6 is 11.3 Å². The van der Waals surface area contributed by atoms with Gasteiger partial charge in [-0.25, -0.2) is 4.98 Å². The highest BCUT2D eigenvalue weighted by atomic mass is 32.1. The van der Waals surface area contributed by atoms with Gasteiger partial charge in [-0.2, -0.15) is 0 Å². The van der Waals surface area contributed by atoms with E-state index in [1.54, 1.807) is 17.4 Å². The molecule has 1 saturated heterocycles. The number of likely N-dealkylation sites (tertiary alicyclic amines) is 1. The van der Waals surface area contributed by atoms with E-state index >= 15 is 0 Å². The molecule has 1 atom stereocenters. The largest absolute Gasteiger partial charge is 0.454 e. The van der Waals surface area contributed by atoms with Crippen molar-refractivity contribution in [3.8, 4) is 0 Å². The predicted molar refractivity (Wildman–Crippen MR) is 105 cm³/mol. The van der Waals surface area contributed by atoms with Gasteiger partial charge in [-0.05, 0) is 64.8 Å². The van der Waals surface area contributed by atoms with Crippen LogP contribution in [-0.4, -0.2) is 28.9 Å². The van der Waals surface area contributed by atoms with Crippen LogP contribution in [-0.2, 0) is 13.0 Å². The summed E-state index contributed by atoms with van der Waals surface area (Å²) in [5.41, 5.74) is 1.01. The predicted octanol–water partition coefficient (Wildman–Crippen LogP) is 4.47. The van der Waals surface area contributed by atoms with Gasteiger partial charge >= 0.3 is 0 Å². The second kappa shape index (κ2) is 8.82. The fraction of sp³-hybridized carbons (Fsp3) is 0.600. The molecule has 1 amide bonds. The summed E-state index contributed by atoms with van der Waals surface area (Å²) >= 11 is 1.69. The molecule has 1 N–H and O–H groups in total. The van der Waals surface area contributed by atoms with Crippen LogP contribution in [0.2, 0.25) is 0 Å². The van der Waals surface area contributed by atoms with Gasteiger partial charge in [0.25, 0.3) is 5.91 Å². The molecule has 1 aliphatic heterocycles. The van der Waals surface area contributed by atoms with Crippen molar-refractivity contribution < 1.29 is 9.21 Å². The van der Waals surface area contributed by atoms with Crippen LogP contribution in [0, 0.1) is 6.92 Å². The number of carbonyl (C=O) groups is 1. The molecule has 3 rings (SSSR count). The van der Waals surface area contributed by atoms with Crippen LogP contribution < -0.4 is 5.32 Å². The molecule has 0 aliphatic carbocycles. The molecule has 2 aromatic heterocycles. The lowest BCUT2D eigenvalue weighted by molar-refractivity contribution is 0.0914. The molecule has 142 valence electrons. The SMILES string of the molecule is CCCc1nc(C)c(CNC(=O)c2ccc(C(C)N3CCCCC3)o2)s1. The summed E-state index contributed by atoms with van der Waals surface area (Å²) in [6, 6.07) is 3.94. The molecule has 0 aromatic carbocycles. The van der Waals surface area contributed by atoms with Crippen LogP contribution in [0.15, 0.2) is 16.5 Å². The summed E-state index contributed by atoms with van der Waals surface area (Å²) in [6.45, 7) is 9.02. The number of carbonyl (C=O) groups excluding carboxylic acids is 1. The Morgan fingerprint density at radius 1 is 1.35 bits per heavy atom. The Bertz CT molecular complexity index is 731. The smallest absolute Gasteiger partial charge is 0.287 e. The molecular formula is C20H29N3O2S. The molecule has 0 radical (unpaired) electrons. The summed E-state index contributed by atoms with van der Waals surface area (Å²) < 4.78 is 5.86. The minimum atomic E-state index is -0.160. The van der Waals surface area contributed by atoms with Crippen molar-refractivity contribution in [2.24, 2.45) is 0 Å². The van der Waals surface area contributed by atoms with E-state index in [4.69, 9.17) is 4.42 Å². The molecule has 1 fully saturated rings. The second-order valence-electron chi connectivity index (χ2n) is 7.02. The number of nitrogens with one attached hydrogen (secondary N) is 1. The van der Waals surface area contributed by atoms with Crippen molar-refractivity contribution in [1.29, 1.82) is 0 Å². The van der Waals surface area contributed by atoms with Gasteiger partial charge in [0, 0.05) is 4.88 Å². The van der Waals surface area contributed by atoms with E-state index in [0.717, 1.165) is 47.3 Å². The standard InChI is InChI=1S/C20H29N3O2S/c1-4-8-19-22-14(2)18(26-19)13-21-20(24)17-10-9-16(25-17)15(3)23-11-6-5-7-12-23/h9-10,15H,4-8,11-13H2,1-3H3,(H,21,24). The highest BCUT2D eigenvalue weighted by molar-refractivity contribution is 7.11. The minimum absolute atomic E-state index is 0.160. The molecule has 0 spiro atoms. The van der Waals surface area contributed by atoms with Crippen molar-refractivity contribution >= 4 is 17.2 Å². The average molecular weight is 376 g/mol. The number of rotatable bonds is 7. The normalized spacial score (nSPS) is 16.6. The summed E-state index contributed by atoms with van der Waals surface area (Å²) in [7, 11) is 0. The third-order valence-corrected chi connectivity index (χ3v) is 6.23. The average Bonchev–Trinajstić information content (AvgIpc) is 3.27. The number of aryl methyl sites for hydroxylation is 2. The van der Waals surface area contributed by atoms with Crippen molar-refractivity contribution in [3.05, 3.63) is 39.2 Å². The van der Waals surface area contributed by atoms with Crippen LogP contribution in [0.4, 0.5) is 0 Å². The molecule has 0 bridgehead atoms. The van der Waals surface area contributed by atoms with Crippen LogP contribution in [0.25, 0.3) is 0 Å². The minimum Gasteiger partial charge on any atom is -0.454 e. The summed E-state index contributed by atoms with van der Waals surface area (Å²) in [5, 5.41) is 4.11. The number of hydrogen-bond acceptors (Lipinski definition) is 5. The van der Waals surface area contributed by atoms with Crippen molar-refractivity contribution in [1.82, 2.24) is 15.2 Å². The molecule has 0 saturated carbocycles. The van der Waals surface area contributed by atoms with E-state index in [2.05, 4.69) is 29.0 Å². The fourth-order valence-electron chi connectivity index (χ4n) is 3.41. The second-order valence-corrected chi connectivity index (χ2v) is 8.19. The Morgan fingerprint density at radius 3 is 2.85 bits per heavy atom. The Hall–Kier alpha value is -1.66. The Labute approximate surface area is 159 Å². The summed E-state index contributed by atoms with van der Waals surface area (Å²) in [5.74, 6) is 1.10. The molecule has 1 unspecified atom stereocenters. The molecule has 1 aliphatic rings. The van der Waals surface area contributed by atoms with Gasteiger partial charge < -0.3 is 9.73 Å². The third-order valence-electron chi connectivity index (χ3n) is 5.01. The van der Waals surface area contributed by atoms with Gasteiger partial charge in [0.15, 0.2) is 5.76 Å². The number of nitrogens with zero attached hydrogens (tertiary/aromatic N) is 2. The van der Waals surface area contributed by atoms with Crippen LogP contribution in [0.1, 0.15) is 77.5 Å². The third kappa shape index (κ3) is 4.54. The zero-order valence-electron chi connectivity index (χ0n) is 16.0. The highest BCUT2D eigenvalue weighted by Gasteiger charge is 2.22. The molecule has 5 nitrogen and oxygen atoms in total. The lowest BCUT2D eigenvalue weighted by atomic mass is 10.1. The molecule has 3 heterocycles. The quantitative estimate of drug-likeness (QED) is 0.775. The first-order chi connectivity index (χ1) is 12.6. The lowest BCUT2D eigenvalue weighted by Gasteiger charge is -2.31. The molecule has 2 aromatic rings. The van der Waals surface area contributed by atoms with Crippen LogP contribution in [0.5, 0.6) is 0 Å².